The predicted octanol–water partition coefficient (Wildman–Crippen LogP) is 4.86. The zero-order valence-electron chi connectivity index (χ0n) is 14.9. The van der Waals surface area contributed by atoms with Gasteiger partial charge in [-0.05, 0) is 63.0 Å². The van der Waals surface area contributed by atoms with Crippen LogP contribution in [0.15, 0.2) is 65.4 Å². The smallest absolute Gasteiger partial charge is 0.175 e. The SMILES string of the molecule is COc1cc(CNCc2cccnc2)cc(Br)c1OCc1ccc(F)cc1. The molecule has 0 aliphatic heterocycles. The summed E-state index contributed by atoms with van der Waals surface area (Å²) in [6, 6.07) is 14.1. The Labute approximate surface area is 166 Å². The van der Waals surface area contributed by atoms with Crippen LogP contribution in [0.5, 0.6) is 11.5 Å². The molecule has 1 heterocycles. The Bertz CT molecular complexity index is 873. The number of hydrogen-bond acceptors (Lipinski definition) is 4. The second-order valence-corrected chi connectivity index (χ2v) is 6.84. The molecule has 0 aliphatic rings. The number of rotatable bonds is 8. The van der Waals surface area contributed by atoms with Gasteiger partial charge in [0.1, 0.15) is 12.4 Å². The van der Waals surface area contributed by atoms with Gasteiger partial charge < -0.3 is 14.8 Å². The minimum Gasteiger partial charge on any atom is -0.493 e. The van der Waals surface area contributed by atoms with Gasteiger partial charge in [-0.15, -0.1) is 0 Å². The van der Waals surface area contributed by atoms with E-state index in [-0.39, 0.29) is 5.82 Å². The van der Waals surface area contributed by atoms with Gasteiger partial charge in [0.2, 0.25) is 0 Å². The van der Waals surface area contributed by atoms with E-state index in [1.165, 1.54) is 12.1 Å². The Balaban J connectivity index is 1.64. The molecule has 3 aromatic rings. The highest BCUT2D eigenvalue weighted by molar-refractivity contribution is 9.10. The Kier molecular flexibility index (Phi) is 6.79. The van der Waals surface area contributed by atoms with E-state index in [0.717, 1.165) is 27.7 Å². The van der Waals surface area contributed by atoms with Crippen molar-refractivity contribution in [2.45, 2.75) is 19.7 Å². The minimum atomic E-state index is -0.263. The maximum absolute atomic E-state index is 13.0. The van der Waals surface area contributed by atoms with Crippen molar-refractivity contribution in [2.24, 2.45) is 0 Å². The number of nitrogens with zero attached hydrogens (tertiary/aromatic N) is 1. The van der Waals surface area contributed by atoms with Gasteiger partial charge in [-0.1, -0.05) is 18.2 Å². The van der Waals surface area contributed by atoms with Crippen LogP contribution in [0.25, 0.3) is 0 Å². The summed E-state index contributed by atoms with van der Waals surface area (Å²) >= 11 is 3.56. The number of nitrogens with one attached hydrogen (secondary N) is 1. The minimum absolute atomic E-state index is 0.263. The lowest BCUT2D eigenvalue weighted by atomic mass is 10.2. The lowest BCUT2D eigenvalue weighted by Gasteiger charge is -2.15. The van der Waals surface area contributed by atoms with Gasteiger partial charge in [0, 0.05) is 25.5 Å². The van der Waals surface area contributed by atoms with Crippen LogP contribution in [0, 0.1) is 5.82 Å². The van der Waals surface area contributed by atoms with Crippen molar-refractivity contribution in [3.05, 3.63) is 87.9 Å². The molecular weight excluding hydrogens is 411 g/mol. The lowest BCUT2D eigenvalue weighted by molar-refractivity contribution is 0.282. The normalized spacial score (nSPS) is 10.6. The van der Waals surface area contributed by atoms with Crippen LogP contribution in [0.1, 0.15) is 16.7 Å². The number of pyridine rings is 1. The first-order valence-electron chi connectivity index (χ1n) is 8.49. The molecule has 0 saturated carbocycles. The fourth-order valence-corrected chi connectivity index (χ4v) is 3.21. The predicted molar refractivity (Wildman–Crippen MR) is 106 cm³/mol. The number of aromatic nitrogens is 1. The molecule has 0 bridgehead atoms. The average molecular weight is 431 g/mol. The maximum Gasteiger partial charge on any atom is 0.175 e. The number of halogens is 2. The molecule has 1 aromatic heterocycles. The van der Waals surface area contributed by atoms with Crippen molar-refractivity contribution in [1.82, 2.24) is 10.3 Å². The number of ether oxygens (including phenoxy) is 2. The topological polar surface area (TPSA) is 43.4 Å². The third-order valence-corrected chi connectivity index (χ3v) is 4.56. The second kappa shape index (κ2) is 9.48. The van der Waals surface area contributed by atoms with Gasteiger partial charge in [-0.2, -0.15) is 0 Å². The van der Waals surface area contributed by atoms with Gasteiger partial charge in [0.05, 0.1) is 11.6 Å². The Morgan fingerprint density at radius 3 is 2.52 bits per heavy atom. The van der Waals surface area contributed by atoms with Crippen molar-refractivity contribution in [3.8, 4) is 11.5 Å². The van der Waals surface area contributed by atoms with E-state index in [0.29, 0.717) is 24.7 Å². The van der Waals surface area contributed by atoms with Crippen LogP contribution in [0.4, 0.5) is 4.39 Å². The quantitative estimate of drug-likeness (QED) is 0.553. The summed E-state index contributed by atoms with van der Waals surface area (Å²) in [6.45, 7) is 1.74. The molecule has 0 radical (unpaired) electrons. The summed E-state index contributed by atoms with van der Waals surface area (Å²) in [5.41, 5.74) is 3.08. The molecule has 6 heteroatoms. The van der Waals surface area contributed by atoms with Gasteiger partial charge >= 0.3 is 0 Å². The van der Waals surface area contributed by atoms with Crippen molar-refractivity contribution in [2.75, 3.05) is 7.11 Å². The Morgan fingerprint density at radius 2 is 1.81 bits per heavy atom. The van der Waals surface area contributed by atoms with E-state index in [1.807, 2.05) is 30.5 Å². The number of benzene rings is 2. The molecule has 3 rings (SSSR count). The number of hydrogen-bond donors (Lipinski definition) is 1. The van der Waals surface area contributed by atoms with Crippen LogP contribution in [-0.2, 0) is 19.7 Å². The van der Waals surface area contributed by atoms with E-state index >= 15 is 0 Å². The van der Waals surface area contributed by atoms with Crippen molar-refractivity contribution >= 4 is 15.9 Å². The van der Waals surface area contributed by atoms with E-state index in [4.69, 9.17) is 9.47 Å². The lowest BCUT2D eigenvalue weighted by Crippen LogP contribution is -2.13. The highest BCUT2D eigenvalue weighted by atomic mass is 79.9. The average Bonchev–Trinajstić information content (AvgIpc) is 2.69. The summed E-state index contributed by atoms with van der Waals surface area (Å²) in [7, 11) is 1.61. The fourth-order valence-electron chi connectivity index (χ4n) is 2.61. The first kappa shape index (κ1) is 19.3. The second-order valence-electron chi connectivity index (χ2n) is 5.99. The molecule has 4 nitrogen and oxygen atoms in total. The molecule has 0 saturated heterocycles. The molecule has 0 spiro atoms. The van der Waals surface area contributed by atoms with Gasteiger partial charge in [0.15, 0.2) is 11.5 Å². The maximum atomic E-state index is 13.0. The molecule has 1 N–H and O–H groups in total. The first-order valence-corrected chi connectivity index (χ1v) is 9.28. The summed E-state index contributed by atoms with van der Waals surface area (Å²) in [4.78, 5) is 4.11. The van der Waals surface area contributed by atoms with Crippen LogP contribution in [-0.4, -0.2) is 12.1 Å². The highest BCUT2D eigenvalue weighted by Crippen LogP contribution is 2.37. The third kappa shape index (κ3) is 5.52. The Morgan fingerprint density at radius 1 is 1.04 bits per heavy atom. The monoisotopic (exact) mass is 430 g/mol. The summed E-state index contributed by atoms with van der Waals surface area (Å²) in [6.07, 6.45) is 3.60. The molecular formula is C21H20BrFN2O2. The largest absolute Gasteiger partial charge is 0.493 e. The molecule has 2 aromatic carbocycles. The zero-order valence-corrected chi connectivity index (χ0v) is 16.5. The van der Waals surface area contributed by atoms with Crippen LogP contribution < -0.4 is 14.8 Å². The van der Waals surface area contributed by atoms with E-state index in [2.05, 4.69) is 26.2 Å². The fraction of sp³-hybridized carbons (Fsp3) is 0.190. The van der Waals surface area contributed by atoms with Crippen molar-refractivity contribution in [1.29, 1.82) is 0 Å². The van der Waals surface area contributed by atoms with Crippen molar-refractivity contribution < 1.29 is 13.9 Å². The molecule has 0 amide bonds. The van der Waals surface area contributed by atoms with Crippen LogP contribution in [0.2, 0.25) is 0 Å². The first-order chi connectivity index (χ1) is 13.2. The van der Waals surface area contributed by atoms with Crippen LogP contribution >= 0.6 is 15.9 Å². The molecule has 0 unspecified atom stereocenters. The molecule has 27 heavy (non-hydrogen) atoms. The summed E-state index contributed by atoms with van der Waals surface area (Å²) in [5, 5.41) is 3.39. The van der Waals surface area contributed by atoms with E-state index in [1.54, 1.807) is 25.4 Å². The molecule has 0 atom stereocenters. The highest BCUT2D eigenvalue weighted by Gasteiger charge is 2.12. The van der Waals surface area contributed by atoms with Gasteiger partial charge in [0.25, 0.3) is 0 Å². The van der Waals surface area contributed by atoms with Crippen molar-refractivity contribution in [3.63, 3.8) is 0 Å². The molecule has 140 valence electrons. The zero-order chi connectivity index (χ0) is 19.1. The Hall–Kier alpha value is -2.44. The van der Waals surface area contributed by atoms with E-state index in [9.17, 15) is 4.39 Å². The molecule has 0 fully saturated rings. The standard InChI is InChI=1S/C21H20BrFN2O2/c1-26-20-10-17(13-25-12-16-3-2-8-24-11-16)9-19(22)21(20)27-14-15-4-6-18(23)7-5-15/h2-11,25H,12-14H2,1H3. The van der Waals surface area contributed by atoms with E-state index < -0.39 is 0 Å². The summed E-state index contributed by atoms with van der Waals surface area (Å²) in [5.74, 6) is 1.00. The molecule has 0 aliphatic carbocycles. The summed E-state index contributed by atoms with van der Waals surface area (Å²) < 4.78 is 25.2. The van der Waals surface area contributed by atoms with Gasteiger partial charge in [-0.25, -0.2) is 4.39 Å². The van der Waals surface area contributed by atoms with Gasteiger partial charge in [-0.3, -0.25) is 4.98 Å². The number of methoxy groups -OCH3 is 1. The third-order valence-electron chi connectivity index (χ3n) is 3.97. The van der Waals surface area contributed by atoms with Crippen LogP contribution in [0.3, 0.4) is 0 Å².